The standard InChI is InChI=1S/C11H6I3N3O4S/c1-22-11(16-2-15)17-8-6(13)3(9(18)19)5(12)4(7(8)14)10(20)21/h1H3,(H,16,17)(H,18,19)(H,20,21). The van der Waals surface area contributed by atoms with Crippen LogP contribution in [0.4, 0.5) is 5.69 Å². The number of carbonyl (C=O) groups is 2. The Morgan fingerprint density at radius 2 is 1.59 bits per heavy atom. The van der Waals surface area contributed by atoms with Gasteiger partial charge >= 0.3 is 11.9 Å². The van der Waals surface area contributed by atoms with Gasteiger partial charge in [-0.2, -0.15) is 5.26 Å². The first-order chi connectivity index (χ1) is 10.3. The predicted octanol–water partition coefficient (Wildman–Crippen LogP) is 3.32. The highest BCUT2D eigenvalue weighted by Crippen LogP contribution is 2.37. The molecule has 0 aliphatic carbocycles. The van der Waals surface area contributed by atoms with E-state index in [0.29, 0.717) is 7.14 Å². The van der Waals surface area contributed by atoms with E-state index >= 15 is 0 Å². The summed E-state index contributed by atoms with van der Waals surface area (Å²) < 4.78 is 0.773. The number of halogens is 3. The van der Waals surface area contributed by atoms with Crippen LogP contribution < -0.4 is 5.32 Å². The SMILES string of the molecule is CSC(=Nc1c(I)c(C(=O)O)c(I)c(C(=O)O)c1I)NC#N. The molecule has 11 heteroatoms. The molecule has 0 spiro atoms. The molecule has 1 aromatic carbocycles. The van der Waals surface area contributed by atoms with Crippen LogP contribution in [0.1, 0.15) is 20.7 Å². The number of aromatic carboxylic acids is 2. The summed E-state index contributed by atoms with van der Waals surface area (Å²) in [4.78, 5) is 27.1. The zero-order chi connectivity index (χ0) is 17.0. The number of rotatable bonds is 3. The number of amidine groups is 1. The van der Waals surface area contributed by atoms with Gasteiger partial charge in [0.05, 0.1) is 24.0 Å². The Hall–Kier alpha value is -0.340. The molecule has 0 unspecified atom stereocenters. The van der Waals surface area contributed by atoms with Gasteiger partial charge in [-0.15, -0.1) is 0 Å². The third-order valence-electron chi connectivity index (χ3n) is 2.29. The van der Waals surface area contributed by atoms with E-state index in [0.717, 1.165) is 11.8 Å². The number of aliphatic imine (C=N–C) groups is 1. The molecule has 0 aromatic heterocycles. The summed E-state index contributed by atoms with van der Waals surface area (Å²) in [5.41, 5.74) is -0.0196. The average Bonchev–Trinajstić information content (AvgIpc) is 2.41. The highest BCUT2D eigenvalue weighted by atomic mass is 127. The van der Waals surface area contributed by atoms with Gasteiger partial charge in [0.1, 0.15) is 0 Å². The Bertz CT molecular complexity index is 689. The third-order valence-corrected chi connectivity index (χ3v) is 6.05. The molecule has 7 nitrogen and oxygen atoms in total. The van der Waals surface area contributed by atoms with Crippen LogP contribution in [-0.2, 0) is 0 Å². The van der Waals surface area contributed by atoms with Crippen molar-refractivity contribution in [2.24, 2.45) is 4.99 Å². The highest BCUT2D eigenvalue weighted by Gasteiger charge is 2.27. The molecule has 0 bridgehead atoms. The molecule has 0 heterocycles. The van der Waals surface area contributed by atoms with Gasteiger partial charge in [0.15, 0.2) is 11.4 Å². The van der Waals surface area contributed by atoms with E-state index in [-0.39, 0.29) is 25.6 Å². The smallest absolute Gasteiger partial charge is 0.337 e. The summed E-state index contributed by atoms with van der Waals surface area (Å²) in [5.74, 6) is -2.47. The first-order valence-corrected chi connectivity index (χ1v) is 9.67. The summed E-state index contributed by atoms with van der Waals surface area (Å²) in [5, 5.41) is 29.9. The number of nitrogens with zero attached hydrogens (tertiary/aromatic N) is 2. The van der Waals surface area contributed by atoms with Crippen molar-refractivity contribution in [3.8, 4) is 6.19 Å². The van der Waals surface area contributed by atoms with E-state index in [4.69, 9.17) is 5.26 Å². The van der Waals surface area contributed by atoms with E-state index in [9.17, 15) is 19.8 Å². The molecule has 0 fully saturated rings. The minimum atomic E-state index is -1.23. The van der Waals surface area contributed by atoms with E-state index in [1.165, 1.54) is 0 Å². The summed E-state index contributed by atoms with van der Waals surface area (Å²) >= 11 is 6.49. The van der Waals surface area contributed by atoms with Gasteiger partial charge in [-0.05, 0) is 74.0 Å². The van der Waals surface area contributed by atoms with Crippen LogP contribution in [0.25, 0.3) is 0 Å². The molecule has 116 valence electrons. The van der Waals surface area contributed by atoms with Gasteiger partial charge in [-0.1, -0.05) is 11.8 Å². The van der Waals surface area contributed by atoms with Crippen LogP contribution in [-0.4, -0.2) is 33.6 Å². The number of nitriles is 1. The minimum absolute atomic E-state index is 0.116. The van der Waals surface area contributed by atoms with Crippen LogP contribution in [0.5, 0.6) is 0 Å². The Morgan fingerprint density at radius 3 is 1.91 bits per heavy atom. The lowest BCUT2D eigenvalue weighted by atomic mass is 10.1. The van der Waals surface area contributed by atoms with Gasteiger partial charge in [0, 0.05) is 3.57 Å². The third kappa shape index (κ3) is 4.14. The molecule has 0 atom stereocenters. The molecular formula is C11H6I3N3O4S. The molecule has 1 aromatic rings. The summed E-state index contributed by atoms with van der Waals surface area (Å²) in [6.07, 6.45) is 3.41. The monoisotopic (exact) mass is 657 g/mol. The lowest BCUT2D eigenvalue weighted by Gasteiger charge is -2.13. The molecule has 22 heavy (non-hydrogen) atoms. The fraction of sp³-hybridized carbons (Fsp3) is 0.0909. The Labute approximate surface area is 170 Å². The van der Waals surface area contributed by atoms with Crippen molar-refractivity contribution >= 4 is 102 Å². The van der Waals surface area contributed by atoms with Gasteiger partial charge < -0.3 is 10.2 Å². The summed E-state index contributed by atoms with van der Waals surface area (Å²) in [6, 6.07) is 0. The lowest BCUT2D eigenvalue weighted by molar-refractivity contribution is 0.0694. The zero-order valence-corrected chi connectivity index (χ0v) is 17.9. The number of nitrogens with one attached hydrogen (secondary N) is 1. The van der Waals surface area contributed by atoms with Crippen molar-refractivity contribution in [1.29, 1.82) is 5.26 Å². The average molecular weight is 657 g/mol. The van der Waals surface area contributed by atoms with Crippen molar-refractivity contribution in [2.75, 3.05) is 6.26 Å². The number of benzene rings is 1. The van der Waals surface area contributed by atoms with Crippen molar-refractivity contribution < 1.29 is 19.8 Å². The molecule has 3 N–H and O–H groups in total. The Kier molecular flexibility index (Phi) is 7.61. The topological polar surface area (TPSA) is 123 Å². The van der Waals surface area contributed by atoms with Crippen LogP contribution in [0, 0.1) is 22.2 Å². The fourth-order valence-corrected chi connectivity index (χ4v) is 6.06. The van der Waals surface area contributed by atoms with Crippen LogP contribution >= 0.6 is 79.5 Å². The molecule has 1 rings (SSSR count). The predicted molar refractivity (Wildman–Crippen MR) is 108 cm³/mol. The summed E-state index contributed by atoms with van der Waals surface area (Å²) in [6.45, 7) is 0. The van der Waals surface area contributed by atoms with Crippen molar-refractivity contribution in [3.63, 3.8) is 0 Å². The molecule has 0 aliphatic rings. The second-order valence-corrected chi connectivity index (χ2v) is 7.54. The van der Waals surface area contributed by atoms with Crippen LogP contribution in [0.3, 0.4) is 0 Å². The maximum absolute atomic E-state index is 11.4. The van der Waals surface area contributed by atoms with Gasteiger partial charge in [0.2, 0.25) is 0 Å². The molecular weight excluding hydrogens is 651 g/mol. The molecule has 0 aliphatic heterocycles. The quantitative estimate of drug-likeness (QED) is 0.150. The van der Waals surface area contributed by atoms with E-state index < -0.39 is 11.9 Å². The van der Waals surface area contributed by atoms with E-state index in [1.807, 2.05) is 45.2 Å². The van der Waals surface area contributed by atoms with Crippen LogP contribution in [0.2, 0.25) is 0 Å². The van der Waals surface area contributed by atoms with Gasteiger partial charge in [0.25, 0.3) is 0 Å². The van der Waals surface area contributed by atoms with E-state index in [2.05, 4.69) is 10.3 Å². The Balaban J connectivity index is 3.82. The minimum Gasteiger partial charge on any atom is -0.478 e. The maximum atomic E-state index is 11.4. The number of hydrogen-bond acceptors (Lipinski definition) is 5. The van der Waals surface area contributed by atoms with Crippen molar-refractivity contribution in [3.05, 3.63) is 21.8 Å². The molecule has 0 radical (unpaired) electrons. The number of carboxylic acid groups (broad SMARTS) is 2. The molecule has 0 saturated carbocycles. The largest absolute Gasteiger partial charge is 0.478 e. The number of thioether (sulfide) groups is 1. The van der Waals surface area contributed by atoms with Crippen LogP contribution in [0.15, 0.2) is 4.99 Å². The molecule has 0 saturated heterocycles. The maximum Gasteiger partial charge on any atom is 0.337 e. The first kappa shape index (κ1) is 19.7. The summed E-state index contributed by atoms with van der Waals surface area (Å²) in [7, 11) is 0. The van der Waals surface area contributed by atoms with Crippen molar-refractivity contribution in [2.45, 2.75) is 0 Å². The second-order valence-electron chi connectivity index (χ2n) is 3.51. The van der Waals surface area contributed by atoms with Crippen molar-refractivity contribution in [1.82, 2.24) is 5.32 Å². The number of hydrogen-bond donors (Lipinski definition) is 3. The second kappa shape index (κ2) is 8.49. The zero-order valence-electron chi connectivity index (χ0n) is 10.6. The fourth-order valence-electron chi connectivity index (χ4n) is 1.40. The molecule has 0 amide bonds. The van der Waals surface area contributed by atoms with Gasteiger partial charge in [-0.3, -0.25) is 5.32 Å². The highest BCUT2D eigenvalue weighted by molar-refractivity contribution is 14.1. The Morgan fingerprint density at radius 1 is 1.14 bits per heavy atom. The normalized spacial score (nSPS) is 11.0. The first-order valence-electron chi connectivity index (χ1n) is 5.21. The van der Waals surface area contributed by atoms with Gasteiger partial charge in [-0.25, -0.2) is 14.6 Å². The number of carboxylic acids is 2. The lowest BCUT2D eigenvalue weighted by Crippen LogP contribution is -2.15. The van der Waals surface area contributed by atoms with E-state index in [1.54, 1.807) is 35.0 Å².